The van der Waals surface area contributed by atoms with E-state index in [-0.39, 0.29) is 5.91 Å². The molecule has 0 aliphatic carbocycles. The van der Waals surface area contributed by atoms with Crippen molar-refractivity contribution >= 4 is 16.7 Å². The summed E-state index contributed by atoms with van der Waals surface area (Å²) in [5.41, 5.74) is 0.794. The van der Waals surface area contributed by atoms with Crippen LogP contribution in [0.4, 0.5) is 0 Å². The second-order valence-corrected chi connectivity index (χ2v) is 7.27. The molecule has 0 aromatic heterocycles. The first-order valence-corrected chi connectivity index (χ1v) is 9.18. The summed E-state index contributed by atoms with van der Waals surface area (Å²) in [6.45, 7) is 4.01. The molecule has 0 atom stereocenters. The van der Waals surface area contributed by atoms with Gasteiger partial charge in [0.1, 0.15) is 0 Å². The van der Waals surface area contributed by atoms with E-state index in [1.54, 1.807) is 0 Å². The van der Waals surface area contributed by atoms with E-state index in [2.05, 4.69) is 36.0 Å². The zero-order valence-corrected chi connectivity index (χ0v) is 15.6. The van der Waals surface area contributed by atoms with Gasteiger partial charge < -0.3 is 14.7 Å². The molecule has 3 rings (SSSR count). The second kappa shape index (κ2) is 7.98. The Morgan fingerprint density at radius 3 is 2.48 bits per heavy atom. The highest BCUT2D eigenvalue weighted by Gasteiger charge is 2.21. The van der Waals surface area contributed by atoms with E-state index < -0.39 is 0 Å². The molecule has 0 bridgehead atoms. The lowest BCUT2D eigenvalue weighted by molar-refractivity contribution is 0.0760. The molecule has 0 radical (unpaired) electrons. The molecule has 2 aromatic rings. The number of hydrogen-bond acceptors (Lipinski definition) is 3. The fourth-order valence-electron chi connectivity index (χ4n) is 3.65. The van der Waals surface area contributed by atoms with Crippen LogP contribution in [0, 0.1) is 0 Å². The Kier molecular flexibility index (Phi) is 5.71. The van der Waals surface area contributed by atoms with Gasteiger partial charge in [-0.3, -0.25) is 4.79 Å². The van der Waals surface area contributed by atoms with Gasteiger partial charge in [0.15, 0.2) is 0 Å². The van der Waals surface area contributed by atoms with E-state index in [4.69, 9.17) is 0 Å². The summed E-state index contributed by atoms with van der Waals surface area (Å²) < 4.78 is 0. The first-order chi connectivity index (χ1) is 12.1. The zero-order valence-electron chi connectivity index (χ0n) is 15.6. The highest BCUT2D eigenvalue weighted by atomic mass is 16.2. The van der Waals surface area contributed by atoms with Crippen molar-refractivity contribution in [2.24, 2.45) is 0 Å². The molecule has 0 spiro atoms. The lowest BCUT2D eigenvalue weighted by Gasteiger charge is -2.35. The summed E-state index contributed by atoms with van der Waals surface area (Å²) in [6.07, 6.45) is 2.43. The van der Waals surface area contributed by atoms with Crippen LogP contribution in [0.25, 0.3) is 10.8 Å². The molecular weight excluding hydrogens is 310 g/mol. The molecule has 1 saturated heterocycles. The molecule has 134 valence electrons. The molecule has 4 heteroatoms. The molecule has 1 heterocycles. The Balaban J connectivity index is 1.61. The van der Waals surface area contributed by atoms with Gasteiger partial charge in [0, 0.05) is 31.7 Å². The Bertz CT molecular complexity index is 717. The Hall–Kier alpha value is -1.91. The minimum absolute atomic E-state index is 0.105. The average molecular weight is 339 g/mol. The maximum Gasteiger partial charge on any atom is 0.254 e. The summed E-state index contributed by atoms with van der Waals surface area (Å²) in [5, 5.41) is 2.15. The smallest absolute Gasteiger partial charge is 0.254 e. The van der Waals surface area contributed by atoms with E-state index in [1.165, 1.54) is 25.9 Å². The molecule has 2 aromatic carbocycles. The van der Waals surface area contributed by atoms with Crippen molar-refractivity contribution in [2.45, 2.75) is 18.9 Å². The number of piperidine rings is 1. The van der Waals surface area contributed by atoms with Crippen molar-refractivity contribution in [3.63, 3.8) is 0 Å². The monoisotopic (exact) mass is 339 g/mol. The SMILES string of the molecule is CN1CCC(N(C)CCN(C)C(=O)c2cccc3ccccc23)CC1. The molecule has 1 aliphatic rings. The Labute approximate surface area is 151 Å². The topological polar surface area (TPSA) is 26.8 Å². The fourth-order valence-corrected chi connectivity index (χ4v) is 3.65. The highest BCUT2D eigenvalue weighted by molar-refractivity contribution is 6.06. The molecular formula is C21H29N3O. The van der Waals surface area contributed by atoms with Crippen LogP contribution >= 0.6 is 0 Å². The van der Waals surface area contributed by atoms with Crippen molar-refractivity contribution in [3.8, 4) is 0 Å². The number of amides is 1. The van der Waals surface area contributed by atoms with Crippen molar-refractivity contribution in [1.82, 2.24) is 14.7 Å². The molecule has 4 nitrogen and oxygen atoms in total. The first kappa shape index (κ1) is 17.9. The number of nitrogens with zero attached hydrogens (tertiary/aromatic N) is 3. The standard InChI is InChI=1S/C21H29N3O/c1-22-13-11-18(12-14-22)23(2)15-16-24(3)21(25)20-10-6-8-17-7-4-5-9-19(17)20/h4-10,18H,11-16H2,1-3H3. The van der Waals surface area contributed by atoms with Crippen LogP contribution in [0.15, 0.2) is 42.5 Å². The fraction of sp³-hybridized carbons (Fsp3) is 0.476. The second-order valence-electron chi connectivity index (χ2n) is 7.27. The molecule has 1 aliphatic heterocycles. The summed E-state index contributed by atoms with van der Waals surface area (Å²) >= 11 is 0. The molecule has 1 fully saturated rings. The van der Waals surface area contributed by atoms with E-state index in [9.17, 15) is 4.79 Å². The summed E-state index contributed by atoms with van der Waals surface area (Å²) in [4.78, 5) is 19.6. The van der Waals surface area contributed by atoms with Gasteiger partial charge in [0.25, 0.3) is 5.91 Å². The zero-order chi connectivity index (χ0) is 17.8. The molecule has 0 N–H and O–H groups in total. The van der Waals surface area contributed by atoms with Crippen LogP contribution in [0.1, 0.15) is 23.2 Å². The van der Waals surface area contributed by atoms with Gasteiger partial charge in [-0.25, -0.2) is 0 Å². The first-order valence-electron chi connectivity index (χ1n) is 9.18. The number of carbonyl (C=O) groups excluding carboxylic acids is 1. The number of likely N-dealkylation sites (N-methyl/N-ethyl adjacent to an activating group) is 2. The highest BCUT2D eigenvalue weighted by Crippen LogP contribution is 2.20. The third-order valence-corrected chi connectivity index (χ3v) is 5.47. The normalized spacial score (nSPS) is 16.5. The lowest BCUT2D eigenvalue weighted by atomic mass is 10.0. The predicted molar refractivity (Wildman–Crippen MR) is 104 cm³/mol. The van der Waals surface area contributed by atoms with Crippen molar-refractivity contribution in [1.29, 1.82) is 0 Å². The van der Waals surface area contributed by atoms with Gasteiger partial charge in [0.2, 0.25) is 0 Å². The van der Waals surface area contributed by atoms with Gasteiger partial charge in [0.05, 0.1) is 0 Å². The van der Waals surface area contributed by atoms with Crippen LogP contribution in [0.3, 0.4) is 0 Å². The maximum absolute atomic E-state index is 12.9. The quantitative estimate of drug-likeness (QED) is 0.838. The van der Waals surface area contributed by atoms with E-state index in [0.29, 0.717) is 6.04 Å². The van der Waals surface area contributed by atoms with Gasteiger partial charge >= 0.3 is 0 Å². The summed E-state index contributed by atoms with van der Waals surface area (Å²) in [7, 11) is 6.28. The van der Waals surface area contributed by atoms with Gasteiger partial charge in [-0.1, -0.05) is 36.4 Å². The van der Waals surface area contributed by atoms with Crippen LogP contribution in [0.2, 0.25) is 0 Å². The Morgan fingerprint density at radius 2 is 1.72 bits per heavy atom. The predicted octanol–water partition coefficient (Wildman–Crippen LogP) is 2.94. The molecule has 0 unspecified atom stereocenters. The number of benzene rings is 2. The van der Waals surface area contributed by atoms with Crippen molar-refractivity contribution in [2.75, 3.05) is 47.3 Å². The van der Waals surface area contributed by atoms with Crippen molar-refractivity contribution in [3.05, 3.63) is 48.0 Å². The van der Waals surface area contributed by atoms with E-state index >= 15 is 0 Å². The minimum Gasteiger partial charge on any atom is -0.340 e. The van der Waals surface area contributed by atoms with Crippen LogP contribution in [-0.4, -0.2) is 74.0 Å². The third-order valence-electron chi connectivity index (χ3n) is 5.47. The lowest BCUT2D eigenvalue weighted by Crippen LogP contribution is -2.44. The van der Waals surface area contributed by atoms with Gasteiger partial charge in [-0.15, -0.1) is 0 Å². The van der Waals surface area contributed by atoms with Crippen LogP contribution in [0.5, 0.6) is 0 Å². The number of fused-ring (bicyclic) bond motifs is 1. The van der Waals surface area contributed by atoms with E-state index in [1.807, 2.05) is 42.3 Å². The average Bonchev–Trinajstić information content (AvgIpc) is 2.65. The number of rotatable bonds is 5. The minimum atomic E-state index is 0.105. The number of carbonyl (C=O) groups is 1. The molecule has 0 saturated carbocycles. The van der Waals surface area contributed by atoms with Crippen LogP contribution < -0.4 is 0 Å². The molecule has 25 heavy (non-hydrogen) atoms. The van der Waals surface area contributed by atoms with Gasteiger partial charge in [-0.05, 0) is 56.9 Å². The summed E-state index contributed by atoms with van der Waals surface area (Å²) in [5.74, 6) is 0.105. The largest absolute Gasteiger partial charge is 0.340 e. The molecule has 1 amide bonds. The van der Waals surface area contributed by atoms with E-state index in [0.717, 1.165) is 29.4 Å². The maximum atomic E-state index is 12.9. The summed E-state index contributed by atoms with van der Waals surface area (Å²) in [6, 6.07) is 14.7. The number of hydrogen-bond donors (Lipinski definition) is 0. The third kappa shape index (κ3) is 4.20. The Morgan fingerprint density at radius 1 is 1.04 bits per heavy atom. The van der Waals surface area contributed by atoms with Crippen molar-refractivity contribution < 1.29 is 4.79 Å². The van der Waals surface area contributed by atoms with Crippen LogP contribution in [-0.2, 0) is 0 Å². The van der Waals surface area contributed by atoms with Gasteiger partial charge in [-0.2, -0.15) is 0 Å². The number of likely N-dealkylation sites (tertiary alicyclic amines) is 1.